The Morgan fingerprint density at radius 1 is 1.20 bits per heavy atom. The molecule has 2 aromatic rings. The molecule has 0 bridgehead atoms. The number of anilines is 1. The van der Waals surface area contributed by atoms with Crippen LogP contribution in [-0.4, -0.2) is 26.8 Å². The molecule has 102 valence electrons. The number of carbonyl (C=O) groups is 2. The average molecular weight is 273 g/mol. The molecule has 0 unspecified atom stereocenters. The lowest BCUT2D eigenvalue weighted by atomic mass is 10.2. The van der Waals surface area contributed by atoms with Crippen LogP contribution in [0.3, 0.4) is 0 Å². The third kappa shape index (κ3) is 2.72. The molecule has 20 heavy (non-hydrogen) atoms. The summed E-state index contributed by atoms with van der Waals surface area (Å²) in [4.78, 5) is 34.2. The predicted octanol–water partition coefficient (Wildman–Crippen LogP) is 0.731. The summed E-state index contributed by atoms with van der Waals surface area (Å²) in [6.07, 6.45) is 0. The standard InChI is InChI=1S/C13H11N3O4/c1-16-11(17)7-6-10(15-16)12(18)14-9-5-3-2-4-8(9)13(19)20/h2-7H,1H3,(H,14,18)(H,19,20). The molecule has 1 heterocycles. The number of amides is 1. The minimum Gasteiger partial charge on any atom is -0.478 e. The summed E-state index contributed by atoms with van der Waals surface area (Å²) >= 11 is 0. The van der Waals surface area contributed by atoms with E-state index in [0.29, 0.717) is 0 Å². The molecular formula is C13H11N3O4. The van der Waals surface area contributed by atoms with Gasteiger partial charge in [0.25, 0.3) is 11.5 Å². The molecule has 0 radical (unpaired) electrons. The van der Waals surface area contributed by atoms with Crippen LogP contribution < -0.4 is 10.9 Å². The number of aromatic carboxylic acids is 1. The minimum absolute atomic E-state index is 0.0206. The number of carbonyl (C=O) groups excluding carboxylic acids is 1. The van der Waals surface area contributed by atoms with E-state index >= 15 is 0 Å². The van der Waals surface area contributed by atoms with Gasteiger partial charge in [-0.25, -0.2) is 9.48 Å². The van der Waals surface area contributed by atoms with Gasteiger partial charge in [-0.2, -0.15) is 5.10 Å². The summed E-state index contributed by atoms with van der Waals surface area (Å²) in [7, 11) is 1.42. The number of nitrogens with zero attached hydrogens (tertiary/aromatic N) is 2. The number of carboxylic acid groups (broad SMARTS) is 1. The molecule has 0 atom stereocenters. The highest BCUT2D eigenvalue weighted by Crippen LogP contribution is 2.15. The first kappa shape index (κ1) is 13.5. The highest BCUT2D eigenvalue weighted by atomic mass is 16.4. The fraction of sp³-hybridized carbons (Fsp3) is 0.0769. The van der Waals surface area contributed by atoms with Gasteiger partial charge in [0.15, 0.2) is 0 Å². The molecule has 7 heteroatoms. The molecule has 7 nitrogen and oxygen atoms in total. The maximum absolute atomic E-state index is 12.0. The van der Waals surface area contributed by atoms with Gasteiger partial charge < -0.3 is 10.4 Å². The van der Waals surface area contributed by atoms with Crippen molar-refractivity contribution < 1.29 is 14.7 Å². The number of aryl methyl sites for hydroxylation is 1. The first-order chi connectivity index (χ1) is 9.49. The smallest absolute Gasteiger partial charge is 0.337 e. The van der Waals surface area contributed by atoms with Gasteiger partial charge in [0, 0.05) is 13.1 Å². The van der Waals surface area contributed by atoms with E-state index in [0.717, 1.165) is 4.68 Å². The Morgan fingerprint density at radius 3 is 2.55 bits per heavy atom. The van der Waals surface area contributed by atoms with Crippen molar-refractivity contribution in [1.82, 2.24) is 9.78 Å². The minimum atomic E-state index is -1.14. The summed E-state index contributed by atoms with van der Waals surface area (Å²) in [6, 6.07) is 8.52. The van der Waals surface area contributed by atoms with Crippen molar-refractivity contribution >= 4 is 17.6 Å². The van der Waals surface area contributed by atoms with Gasteiger partial charge in [-0.15, -0.1) is 0 Å². The third-order valence-corrected chi connectivity index (χ3v) is 2.60. The van der Waals surface area contributed by atoms with Crippen LogP contribution in [-0.2, 0) is 7.05 Å². The SMILES string of the molecule is Cn1nc(C(=O)Nc2ccccc2C(=O)O)ccc1=O. The first-order valence-corrected chi connectivity index (χ1v) is 5.67. The molecule has 0 aliphatic carbocycles. The van der Waals surface area contributed by atoms with Crippen molar-refractivity contribution in [2.24, 2.45) is 7.05 Å². The predicted molar refractivity (Wildman–Crippen MR) is 70.8 cm³/mol. The van der Waals surface area contributed by atoms with Crippen molar-refractivity contribution in [3.63, 3.8) is 0 Å². The first-order valence-electron chi connectivity index (χ1n) is 5.67. The van der Waals surface area contributed by atoms with Crippen LogP contribution in [0.2, 0.25) is 0 Å². The van der Waals surface area contributed by atoms with E-state index in [4.69, 9.17) is 5.11 Å². The highest BCUT2D eigenvalue weighted by molar-refractivity contribution is 6.06. The summed E-state index contributed by atoms with van der Waals surface area (Å²) in [5.41, 5.74) is -0.175. The zero-order chi connectivity index (χ0) is 14.7. The molecule has 0 aliphatic rings. The number of carboxylic acids is 1. The van der Waals surface area contributed by atoms with Gasteiger partial charge in [-0.3, -0.25) is 9.59 Å². The summed E-state index contributed by atoms with van der Waals surface area (Å²) in [5, 5.41) is 15.3. The zero-order valence-electron chi connectivity index (χ0n) is 10.5. The van der Waals surface area contributed by atoms with E-state index in [1.807, 2.05) is 0 Å². The van der Waals surface area contributed by atoms with Gasteiger partial charge in [-0.05, 0) is 18.2 Å². The van der Waals surface area contributed by atoms with Crippen LogP contribution >= 0.6 is 0 Å². The quantitative estimate of drug-likeness (QED) is 0.858. The number of nitrogens with one attached hydrogen (secondary N) is 1. The van der Waals surface area contributed by atoms with Crippen LogP contribution in [0.1, 0.15) is 20.8 Å². The Hall–Kier alpha value is -2.96. The summed E-state index contributed by atoms with van der Waals surface area (Å²) < 4.78 is 1.03. The van der Waals surface area contributed by atoms with Crippen LogP contribution in [0.25, 0.3) is 0 Å². The number of hydrogen-bond donors (Lipinski definition) is 2. The number of hydrogen-bond acceptors (Lipinski definition) is 4. The van der Waals surface area contributed by atoms with Crippen LogP contribution in [0.15, 0.2) is 41.2 Å². The van der Waals surface area contributed by atoms with E-state index in [1.54, 1.807) is 12.1 Å². The Balaban J connectivity index is 2.30. The van der Waals surface area contributed by atoms with E-state index in [-0.39, 0.29) is 22.5 Å². The molecule has 2 N–H and O–H groups in total. The monoisotopic (exact) mass is 273 g/mol. The number of rotatable bonds is 3. The molecule has 2 rings (SSSR count). The molecular weight excluding hydrogens is 262 g/mol. The van der Waals surface area contributed by atoms with Gasteiger partial charge in [-0.1, -0.05) is 12.1 Å². The van der Waals surface area contributed by atoms with Crippen LogP contribution in [0, 0.1) is 0 Å². The number of aromatic nitrogens is 2. The third-order valence-electron chi connectivity index (χ3n) is 2.60. The molecule has 0 fully saturated rings. The largest absolute Gasteiger partial charge is 0.478 e. The zero-order valence-corrected chi connectivity index (χ0v) is 10.5. The van der Waals surface area contributed by atoms with Gasteiger partial charge in [0.2, 0.25) is 0 Å². The highest BCUT2D eigenvalue weighted by Gasteiger charge is 2.14. The fourth-order valence-corrected chi connectivity index (χ4v) is 1.59. The maximum atomic E-state index is 12.0. The Bertz CT molecular complexity index is 736. The Morgan fingerprint density at radius 2 is 1.90 bits per heavy atom. The lowest BCUT2D eigenvalue weighted by Gasteiger charge is -2.08. The average Bonchev–Trinajstić information content (AvgIpc) is 2.42. The van der Waals surface area contributed by atoms with E-state index in [2.05, 4.69) is 10.4 Å². The van der Waals surface area contributed by atoms with Crippen molar-refractivity contribution in [2.45, 2.75) is 0 Å². The van der Waals surface area contributed by atoms with Crippen LogP contribution in [0.5, 0.6) is 0 Å². The number of para-hydroxylation sites is 1. The second kappa shape index (κ2) is 5.35. The number of benzene rings is 1. The normalized spacial score (nSPS) is 10.1. The topological polar surface area (TPSA) is 101 Å². The lowest BCUT2D eigenvalue weighted by Crippen LogP contribution is -2.24. The molecule has 0 saturated heterocycles. The molecule has 1 amide bonds. The maximum Gasteiger partial charge on any atom is 0.337 e. The molecule has 1 aromatic heterocycles. The second-order valence-corrected chi connectivity index (χ2v) is 3.99. The molecule has 0 spiro atoms. The molecule has 0 aliphatic heterocycles. The van der Waals surface area contributed by atoms with Crippen LogP contribution in [0.4, 0.5) is 5.69 Å². The van der Waals surface area contributed by atoms with E-state index < -0.39 is 11.9 Å². The summed E-state index contributed by atoms with van der Waals surface area (Å²) in [5.74, 6) is -1.73. The van der Waals surface area contributed by atoms with E-state index in [1.165, 1.54) is 31.3 Å². The molecule has 0 saturated carbocycles. The Labute approximate surface area is 113 Å². The van der Waals surface area contributed by atoms with Crippen molar-refractivity contribution in [3.05, 3.63) is 58.0 Å². The summed E-state index contributed by atoms with van der Waals surface area (Å²) in [6.45, 7) is 0. The van der Waals surface area contributed by atoms with Gasteiger partial charge >= 0.3 is 5.97 Å². The Kier molecular flexibility index (Phi) is 3.60. The van der Waals surface area contributed by atoms with Gasteiger partial charge in [0.1, 0.15) is 5.69 Å². The van der Waals surface area contributed by atoms with Gasteiger partial charge in [0.05, 0.1) is 11.3 Å². The van der Waals surface area contributed by atoms with E-state index in [9.17, 15) is 14.4 Å². The van der Waals surface area contributed by atoms with Crippen molar-refractivity contribution in [2.75, 3.05) is 5.32 Å². The van der Waals surface area contributed by atoms with Crippen molar-refractivity contribution in [3.8, 4) is 0 Å². The fourth-order valence-electron chi connectivity index (χ4n) is 1.59. The van der Waals surface area contributed by atoms with Crippen molar-refractivity contribution in [1.29, 1.82) is 0 Å². The second-order valence-electron chi connectivity index (χ2n) is 3.99. The lowest BCUT2D eigenvalue weighted by molar-refractivity contribution is 0.0698. The molecule has 1 aromatic carbocycles.